The van der Waals surface area contributed by atoms with E-state index in [2.05, 4.69) is 243 Å². The van der Waals surface area contributed by atoms with E-state index < -0.39 is 0 Å². The summed E-state index contributed by atoms with van der Waals surface area (Å²) in [6, 6.07) is 91.8. The highest BCUT2D eigenvalue weighted by Gasteiger charge is 2.44. The maximum Gasteiger partial charge on any atom is 0.244 e. The van der Waals surface area contributed by atoms with Crippen LogP contribution in [0, 0.1) is 0 Å². The highest BCUT2D eigenvalue weighted by atomic mass is 14.3. The first-order valence-electron chi connectivity index (χ1n) is 24.7. The number of rotatable bonds is 4. The van der Waals surface area contributed by atoms with Gasteiger partial charge < -0.3 is 0 Å². The second kappa shape index (κ2) is 14.4. The van der Waals surface area contributed by atoms with Crippen LogP contribution in [0.4, 0.5) is 0 Å². The second-order valence-electron chi connectivity index (χ2n) is 19.6. The summed E-state index contributed by atoms with van der Waals surface area (Å²) >= 11 is 0. The summed E-state index contributed by atoms with van der Waals surface area (Å²) in [5.74, 6) is 0. The Balaban J connectivity index is 0.994. The Morgan fingerprint density at radius 3 is 0.943 bits per heavy atom. The van der Waals surface area contributed by atoms with Crippen molar-refractivity contribution < 1.29 is 0 Å². The first kappa shape index (κ1) is 38.3. The largest absolute Gasteiger partial charge is 0.244 e. The van der Waals surface area contributed by atoms with Crippen molar-refractivity contribution in [3.05, 3.63) is 287 Å². The molecule has 2 heteroatoms. The van der Waals surface area contributed by atoms with Gasteiger partial charge in [-0.2, -0.15) is 0 Å². The zero-order valence-electron chi connectivity index (χ0n) is 38.2. The van der Waals surface area contributed by atoms with Crippen LogP contribution >= 0.6 is 0 Å². The van der Waals surface area contributed by atoms with Crippen molar-refractivity contribution in [1.29, 1.82) is 0 Å². The molecule has 4 aliphatic rings. The molecule has 70 heavy (non-hydrogen) atoms. The van der Waals surface area contributed by atoms with Crippen LogP contribution in [-0.4, -0.2) is 13.4 Å². The number of hydrogen-bond acceptors (Lipinski definition) is 0. The molecule has 4 aliphatic heterocycles. The van der Waals surface area contributed by atoms with Gasteiger partial charge in [0.1, 0.15) is 0 Å². The van der Waals surface area contributed by atoms with E-state index in [9.17, 15) is 0 Å². The highest BCUT2D eigenvalue weighted by molar-refractivity contribution is 7.01. The highest BCUT2D eigenvalue weighted by Crippen LogP contribution is 2.48. The summed E-state index contributed by atoms with van der Waals surface area (Å²) in [4.78, 5) is 0. The minimum absolute atomic E-state index is 0.0784. The molecule has 0 bridgehead atoms. The van der Waals surface area contributed by atoms with E-state index in [1.54, 1.807) is 0 Å². The maximum absolute atomic E-state index is 2.59. The first-order chi connectivity index (χ1) is 34.8. The van der Waals surface area contributed by atoms with Gasteiger partial charge in [0.2, 0.25) is 13.4 Å². The van der Waals surface area contributed by atoms with E-state index >= 15 is 0 Å². The smallest absolute Gasteiger partial charge is 0.0664 e. The van der Waals surface area contributed by atoms with E-state index in [-0.39, 0.29) is 13.4 Å². The SMILES string of the molecule is c1ccc(C(=C2c3ccccc3B3c4c2cccc4-c2ccc4cc5c6c(ccc7cc3c2c4c76)-c2cccc3c2B5c2ccccc2C3=C(c2ccccc2)c2ccccc2)c2ccccc2)cc1. The Bertz CT molecular complexity index is 3900. The molecule has 0 saturated heterocycles. The summed E-state index contributed by atoms with van der Waals surface area (Å²) in [6.07, 6.45) is 0. The average molecular weight is 879 g/mol. The molecule has 0 N–H and O–H groups in total. The molecule has 0 saturated carbocycles. The molecule has 0 unspecified atom stereocenters. The molecule has 16 rings (SSSR count). The standard InChI is InChI=1S/C68H40B2/c1-5-19-41(20-6-1)59(42-21-7-2-8-22-42)63-51-27-13-15-33-55(51)69-57-39-45-36-38-48-50-30-18-32-54-64(60(43-23-9-3-10-24-43)44-25-11-4-12-26-44)52-28-14-16-34-56(52)70(68(50)54)58-40-46-35-37-47(49-29-17-31-53(63)67(49)69)65(57)61(46)62(45)66(48)58/h1-40H. The topological polar surface area (TPSA) is 0 Å². The Kier molecular flexibility index (Phi) is 7.88. The van der Waals surface area contributed by atoms with E-state index in [1.807, 2.05) is 0 Å². The van der Waals surface area contributed by atoms with E-state index in [4.69, 9.17) is 0 Å². The van der Waals surface area contributed by atoms with Crippen LogP contribution in [0.1, 0.15) is 44.5 Å². The number of benzene rings is 12. The van der Waals surface area contributed by atoms with Crippen molar-refractivity contribution in [1.82, 2.24) is 0 Å². The molecule has 0 spiro atoms. The van der Waals surface area contributed by atoms with Gasteiger partial charge in [0, 0.05) is 0 Å². The Labute approximate surface area is 408 Å². The van der Waals surface area contributed by atoms with Gasteiger partial charge >= 0.3 is 0 Å². The van der Waals surface area contributed by atoms with Gasteiger partial charge in [-0.15, -0.1) is 0 Å². The number of fused-ring (bicyclic) bond motifs is 8. The van der Waals surface area contributed by atoms with Crippen molar-refractivity contribution in [2.75, 3.05) is 0 Å². The Morgan fingerprint density at radius 2 is 0.557 bits per heavy atom. The van der Waals surface area contributed by atoms with Gasteiger partial charge in [-0.25, -0.2) is 0 Å². The molecule has 12 aromatic carbocycles. The predicted octanol–water partition coefficient (Wildman–Crippen LogP) is 12.2. The molecular weight excluding hydrogens is 838 g/mol. The number of hydrogen-bond donors (Lipinski definition) is 0. The Hall–Kier alpha value is -8.71. The molecule has 0 fully saturated rings. The minimum atomic E-state index is 0.0784. The Morgan fingerprint density at radius 1 is 0.229 bits per heavy atom. The lowest BCUT2D eigenvalue weighted by Gasteiger charge is -2.38. The van der Waals surface area contributed by atoms with Crippen molar-refractivity contribution >= 4 is 101 Å². The summed E-state index contributed by atoms with van der Waals surface area (Å²) in [6.45, 7) is 0.157. The molecular formula is C68H40B2. The van der Waals surface area contributed by atoms with Crippen molar-refractivity contribution in [2.24, 2.45) is 0 Å². The van der Waals surface area contributed by atoms with E-state index in [1.165, 1.54) is 154 Å². The monoisotopic (exact) mass is 878 g/mol. The van der Waals surface area contributed by atoms with Crippen molar-refractivity contribution in [3.63, 3.8) is 0 Å². The normalized spacial score (nSPS) is 13.3. The van der Waals surface area contributed by atoms with Crippen molar-refractivity contribution in [3.8, 4) is 22.3 Å². The molecule has 0 aliphatic carbocycles. The maximum atomic E-state index is 2.59. The van der Waals surface area contributed by atoms with Crippen LogP contribution in [0.2, 0.25) is 0 Å². The lowest BCUT2D eigenvalue weighted by Crippen LogP contribution is -2.59. The van der Waals surface area contributed by atoms with Gasteiger partial charge in [-0.3, -0.25) is 0 Å². The molecule has 0 amide bonds. The zero-order valence-corrected chi connectivity index (χ0v) is 38.2. The van der Waals surface area contributed by atoms with E-state index in [0.29, 0.717) is 0 Å². The van der Waals surface area contributed by atoms with Crippen LogP contribution < -0.4 is 32.8 Å². The summed E-state index contributed by atoms with van der Waals surface area (Å²) < 4.78 is 0. The molecule has 4 heterocycles. The second-order valence-corrected chi connectivity index (χ2v) is 19.6. The van der Waals surface area contributed by atoms with Crippen LogP contribution in [0.5, 0.6) is 0 Å². The lowest BCUT2D eigenvalue weighted by molar-refractivity contribution is 1.50. The van der Waals surface area contributed by atoms with Crippen LogP contribution in [0.3, 0.4) is 0 Å². The zero-order chi connectivity index (χ0) is 45.6. The van der Waals surface area contributed by atoms with Crippen LogP contribution in [-0.2, 0) is 0 Å². The van der Waals surface area contributed by atoms with Gasteiger partial charge in [0.05, 0.1) is 0 Å². The van der Waals surface area contributed by atoms with Gasteiger partial charge in [-0.05, 0) is 121 Å². The third-order valence-electron chi connectivity index (χ3n) is 16.3. The summed E-state index contributed by atoms with van der Waals surface area (Å²) in [5.41, 5.74) is 29.1. The predicted molar refractivity (Wildman–Crippen MR) is 299 cm³/mol. The van der Waals surface area contributed by atoms with Crippen LogP contribution in [0.15, 0.2) is 243 Å². The van der Waals surface area contributed by atoms with E-state index in [0.717, 1.165) is 0 Å². The minimum Gasteiger partial charge on any atom is -0.0664 e. The summed E-state index contributed by atoms with van der Waals surface area (Å²) in [5, 5.41) is 8.24. The fraction of sp³-hybridized carbons (Fsp3) is 0. The van der Waals surface area contributed by atoms with Gasteiger partial charge in [0.25, 0.3) is 0 Å². The quantitative estimate of drug-likeness (QED) is 0.122. The molecule has 0 radical (unpaired) electrons. The van der Waals surface area contributed by atoms with Gasteiger partial charge in [-0.1, -0.05) is 275 Å². The van der Waals surface area contributed by atoms with Crippen molar-refractivity contribution in [2.45, 2.75) is 0 Å². The molecule has 12 aromatic rings. The fourth-order valence-corrected chi connectivity index (χ4v) is 13.7. The summed E-state index contributed by atoms with van der Waals surface area (Å²) in [7, 11) is 0. The fourth-order valence-electron chi connectivity index (χ4n) is 13.7. The molecule has 0 atom stereocenters. The lowest BCUT2D eigenvalue weighted by atomic mass is 9.29. The third kappa shape index (κ3) is 5.07. The van der Waals surface area contributed by atoms with Crippen LogP contribution in [0.25, 0.3) is 76.9 Å². The third-order valence-corrected chi connectivity index (χ3v) is 16.3. The first-order valence-corrected chi connectivity index (χ1v) is 24.7. The molecule has 318 valence electrons. The molecule has 0 aromatic heterocycles. The molecule has 0 nitrogen and oxygen atoms in total. The van der Waals surface area contributed by atoms with Gasteiger partial charge in [0.15, 0.2) is 0 Å². The average Bonchev–Trinajstić information content (AvgIpc) is 3.43.